The molecular formula is C23H25N7O2. The number of ether oxygens (including phenoxy) is 1. The zero-order chi connectivity index (χ0) is 22.2. The minimum atomic E-state index is -0.430. The van der Waals surface area contributed by atoms with Crippen LogP contribution in [0, 0.1) is 6.92 Å². The Kier molecular flexibility index (Phi) is 5.10. The van der Waals surface area contributed by atoms with Crippen molar-refractivity contribution in [3.63, 3.8) is 0 Å². The van der Waals surface area contributed by atoms with E-state index < -0.39 is 5.91 Å². The van der Waals surface area contributed by atoms with Crippen LogP contribution < -0.4 is 16.0 Å². The highest BCUT2D eigenvalue weighted by Gasteiger charge is 2.19. The molecule has 3 aromatic heterocycles. The number of carbonyl (C=O) groups excluding carboxylic acids is 1. The number of hydrogen-bond acceptors (Lipinski definition) is 7. The maximum atomic E-state index is 11.8. The van der Waals surface area contributed by atoms with Crippen molar-refractivity contribution in [3.05, 3.63) is 59.5 Å². The number of hydrogen-bond donors (Lipinski definition) is 2. The van der Waals surface area contributed by atoms with Gasteiger partial charge in [0, 0.05) is 36.4 Å². The fraction of sp³-hybridized carbons (Fsp3) is 0.304. The maximum Gasteiger partial charge on any atom is 0.248 e. The van der Waals surface area contributed by atoms with Gasteiger partial charge < -0.3 is 20.7 Å². The SMILES string of the molecule is Cc1c(C(N)=O)cccc1C(C)Nc1nc2nccn2c2cnc(N3CCOCC3)cc12. The Balaban J connectivity index is 1.59. The van der Waals surface area contributed by atoms with E-state index in [0.717, 1.165) is 40.9 Å². The molecule has 1 aromatic carbocycles. The third-order valence-corrected chi connectivity index (χ3v) is 6.01. The number of benzene rings is 1. The largest absolute Gasteiger partial charge is 0.378 e. The predicted octanol–water partition coefficient (Wildman–Crippen LogP) is 2.69. The molecule has 4 aromatic rings. The minimum Gasteiger partial charge on any atom is -0.378 e. The number of rotatable bonds is 5. The van der Waals surface area contributed by atoms with Crippen molar-refractivity contribution in [2.75, 3.05) is 36.5 Å². The highest BCUT2D eigenvalue weighted by atomic mass is 16.5. The molecule has 1 unspecified atom stereocenters. The van der Waals surface area contributed by atoms with Gasteiger partial charge in [0.15, 0.2) is 0 Å². The third-order valence-electron chi connectivity index (χ3n) is 6.01. The Morgan fingerprint density at radius 1 is 1.25 bits per heavy atom. The second-order valence-corrected chi connectivity index (χ2v) is 7.97. The van der Waals surface area contributed by atoms with Gasteiger partial charge in [0.05, 0.1) is 31.0 Å². The van der Waals surface area contributed by atoms with Crippen molar-refractivity contribution in [3.8, 4) is 0 Å². The molecule has 9 nitrogen and oxygen atoms in total. The first kappa shape index (κ1) is 20.2. The van der Waals surface area contributed by atoms with Crippen molar-refractivity contribution in [1.82, 2.24) is 19.4 Å². The number of carbonyl (C=O) groups is 1. The molecule has 1 amide bonds. The summed E-state index contributed by atoms with van der Waals surface area (Å²) in [5, 5.41) is 4.48. The number of imidazole rings is 1. The van der Waals surface area contributed by atoms with Gasteiger partial charge in [-0.1, -0.05) is 12.1 Å². The van der Waals surface area contributed by atoms with Crippen LogP contribution in [0.4, 0.5) is 11.6 Å². The molecule has 5 rings (SSSR count). The number of anilines is 2. The Labute approximate surface area is 185 Å². The average Bonchev–Trinajstić information content (AvgIpc) is 3.28. The van der Waals surface area contributed by atoms with E-state index in [2.05, 4.69) is 21.3 Å². The molecule has 4 heterocycles. The number of nitrogens with two attached hydrogens (primary N) is 1. The van der Waals surface area contributed by atoms with Crippen LogP contribution in [0.15, 0.2) is 42.9 Å². The number of nitrogens with zero attached hydrogens (tertiary/aromatic N) is 5. The van der Waals surface area contributed by atoms with E-state index in [4.69, 9.17) is 20.4 Å². The van der Waals surface area contributed by atoms with Crippen LogP contribution in [0.5, 0.6) is 0 Å². The van der Waals surface area contributed by atoms with E-state index in [1.807, 2.05) is 42.8 Å². The molecule has 3 N–H and O–H groups in total. The topological polar surface area (TPSA) is 111 Å². The summed E-state index contributed by atoms with van der Waals surface area (Å²) < 4.78 is 7.41. The lowest BCUT2D eigenvalue weighted by Gasteiger charge is -2.28. The molecule has 1 atom stereocenters. The minimum absolute atomic E-state index is 0.109. The van der Waals surface area contributed by atoms with Crippen molar-refractivity contribution < 1.29 is 9.53 Å². The monoisotopic (exact) mass is 431 g/mol. The zero-order valence-electron chi connectivity index (χ0n) is 18.1. The maximum absolute atomic E-state index is 11.8. The Hall–Kier alpha value is -3.72. The summed E-state index contributed by atoms with van der Waals surface area (Å²) in [6, 6.07) is 7.55. The van der Waals surface area contributed by atoms with Gasteiger partial charge in [0.1, 0.15) is 11.6 Å². The highest BCUT2D eigenvalue weighted by molar-refractivity contribution is 5.95. The molecule has 0 saturated carbocycles. The first-order valence-corrected chi connectivity index (χ1v) is 10.6. The van der Waals surface area contributed by atoms with Gasteiger partial charge in [-0.15, -0.1) is 0 Å². The second-order valence-electron chi connectivity index (χ2n) is 7.97. The van der Waals surface area contributed by atoms with Crippen LogP contribution in [0.3, 0.4) is 0 Å². The number of aromatic nitrogens is 4. The molecule has 0 bridgehead atoms. The van der Waals surface area contributed by atoms with Gasteiger partial charge in [-0.05, 0) is 37.1 Å². The number of fused-ring (bicyclic) bond motifs is 3. The summed E-state index contributed by atoms with van der Waals surface area (Å²) >= 11 is 0. The number of nitrogens with one attached hydrogen (secondary N) is 1. The van der Waals surface area contributed by atoms with Crippen molar-refractivity contribution in [2.24, 2.45) is 5.73 Å². The lowest BCUT2D eigenvalue weighted by atomic mass is 9.97. The van der Waals surface area contributed by atoms with Gasteiger partial charge >= 0.3 is 0 Å². The van der Waals surface area contributed by atoms with E-state index in [0.29, 0.717) is 30.4 Å². The van der Waals surface area contributed by atoms with Crippen molar-refractivity contribution in [1.29, 1.82) is 0 Å². The molecule has 164 valence electrons. The summed E-state index contributed by atoms with van der Waals surface area (Å²) in [4.78, 5) is 27.9. The zero-order valence-corrected chi connectivity index (χ0v) is 18.1. The van der Waals surface area contributed by atoms with E-state index in [-0.39, 0.29) is 6.04 Å². The van der Waals surface area contributed by atoms with Crippen LogP contribution in [-0.2, 0) is 4.74 Å². The lowest BCUT2D eigenvalue weighted by Crippen LogP contribution is -2.36. The molecule has 0 aliphatic carbocycles. The first-order valence-electron chi connectivity index (χ1n) is 10.6. The number of amides is 1. The van der Waals surface area contributed by atoms with E-state index in [1.54, 1.807) is 12.3 Å². The Morgan fingerprint density at radius 3 is 2.84 bits per heavy atom. The standard InChI is InChI=1S/C23H25N7O2/c1-14-16(4-3-5-17(14)21(24)31)15(2)27-22-18-12-20(29-8-10-32-11-9-29)26-13-19(18)30-7-6-25-23(30)28-22/h3-7,12-13,15H,8-11H2,1-2H3,(H2,24,31)(H,25,27,28). The summed E-state index contributed by atoms with van der Waals surface area (Å²) in [5.41, 5.74) is 8.84. The van der Waals surface area contributed by atoms with Crippen molar-refractivity contribution >= 4 is 34.2 Å². The summed E-state index contributed by atoms with van der Waals surface area (Å²) in [6.45, 7) is 6.94. The van der Waals surface area contributed by atoms with Crippen molar-refractivity contribution in [2.45, 2.75) is 19.9 Å². The quantitative estimate of drug-likeness (QED) is 0.500. The lowest BCUT2D eigenvalue weighted by molar-refractivity contribution is 0.0999. The van der Waals surface area contributed by atoms with Crippen LogP contribution in [0.25, 0.3) is 16.7 Å². The number of morpholine rings is 1. The van der Waals surface area contributed by atoms with Gasteiger partial charge in [-0.25, -0.2) is 9.97 Å². The molecule has 0 spiro atoms. The first-order chi connectivity index (χ1) is 15.5. The number of pyridine rings is 1. The molecule has 1 aliphatic heterocycles. The van der Waals surface area contributed by atoms with Crippen LogP contribution >= 0.6 is 0 Å². The summed E-state index contributed by atoms with van der Waals surface area (Å²) in [5.74, 6) is 1.77. The molecule has 9 heteroatoms. The molecule has 32 heavy (non-hydrogen) atoms. The van der Waals surface area contributed by atoms with E-state index >= 15 is 0 Å². The van der Waals surface area contributed by atoms with Crippen LogP contribution in [0.1, 0.15) is 34.5 Å². The Bertz CT molecular complexity index is 1310. The van der Waals surface area contributed by atoms with E-state index in [1.165, 1.54) is 0 Å². The molecule has 1 fully saturated rings. The van der Waals surface area contributed by atoms with Gasteiger partial charge in [-0.3, -0.25) is 9.20 Å². The summed E-state index contributed by atoms with van der Waals surface area (Å²) in [7, 11) is 0. The fourth-order valence-corrected chi connectivity index (χ4v) is 4.29. The summed E-state index contributed by atoms with van der Waals surface area (Å²) in [6.07, 6.45) is 5.48. The average molecular weight is 432 g/mol. The third kappa shape index (κ3) is 3.50. The Morgan fingerprint density at radius 2 is 2.06 bits per heavy atom. The van der Waals surface area contributed by atoms with Crippen LogP contribution in [-0.4, -0.2) is 51.6 Å². The fourth-order valence-electron chi connectivity index (χ4n) is 4.29. The van der Waals surface area contributed by atoms with E-state index in [9.17, 15) is 4.79 Å². The van der Waals surface area contributed by atoms with Gasteiger partial charge in [0.25, 0.3) is 0 Å². The van der Waals surface area contributed by atoms with Gasteiger partial charge in [-0.2, -0.15) is 4.98 Å². The number of primary amides is 1. The van der Waals surface area contributed by atoms with Crippen LogP contribution in [0.2, 0.25) is 0 Å². The molecule has 1 saturated heterocycles. The predicted molar refractivity (Wildman–Crippen MR) is 123 cm³/mol. The normalized spacial score (nSPS) is 15.2. The second kappa shape index (κ2) is 8.08. The highest BCUT2D eigenvalue weighted by Crippen LogP contribution is 2.30. The molecular weight excluding hydrogens is 406 g/mol. The smallest absolute Gasteiger partial charge is 0.248 e. The molecule has 0 radical (unpaired) electrons. The molecule has 1 aliphatic rings. The van der Waals surface area contributed by atoms with Gasteiger partial charge in [0.2, 0.25) is 11.7 Å².